The lowest BCUT2D eigenvalue weighted by molar-refractivity contribution is -0.113. The first kappa shape index (κ1) is 19.6. The van der Waals surface area contributed by atoms with E-state index >= 15 is 0 Å². The Bertz CT molecular complexity index is 1120. The van der Waals surface area contributed by atoms with Gasteiger partial charge in [-0.25, -0.2) is 4.99 Å². The quantitative estimate of drug-likeness (QED) is 0.569. The van der Waals surface area contributed by atoms with Crippen molar-refractivity contribution < 1.29 is 4.79 Å². The first-order chi connectivity index (χ1) is 14.4. The SMILES string of the molecule is Cc1ccc(C2=N/C(=C/c3ccc(N(C)C)cc3)C(=O)N2c2ccc(C)cc2)cc1. The summed E-state index contributed by atoms with van der Waals surface area (Å²) in [4.78, 5) is 21.8. The lowest BCUT2D eigenvalue weighted by Crippen LogP contribution is -2.32. The molecule has 0 aromatic heterocycles. The molecule has 0 spiro atoms. The molecule has 1 aliphatic rings. The van der Waals surface area contributed by atoms with Gasteiger partial charge in [0.05, 0.1) is 5.69 Å². The maximum atomic E-state index is 13.4. The second-order valence-corrected chi connectivity index (χ2v) is 7.79. The van der Waals surface area contributed by atoms with Crippen LogP contribution in [0.5, 0.6) is 0 Å². The second kappa shape index (κ2) is 7.99. The predicted octanol–water partition coefficient (Wildman–Crippen LogP) is 5.20. The highest BCUT2D eigenvalue weighted by Gasteiger charge is 2.32. The fourth-order valence-corrected chi connectivity index (χ4v) is 3.37. The van der Waals surface area contributed by atoms with E-state index < -0.39 is 0 Å². The van der Waals surface area contributed by atoms with Crippen LogP contribution in [0.2, 0.25) is 0 Å². The zero-order chi connectivity index (χ0) is 21.3. The molecule has 1 aliphatic heterocycles. The Morgan fingerprint density at radius 1 is 0.800 bits per heavy atom. The summed E-state index contributed by atoms with van der Waals surface area (Å²) in [7, 11) is 4.01. The van der Waals surface area contributed by atoms with E-state index in [1.165, 1.54) is 5.56 Å². The minimum atomic E-state index is -0.119. The van der Waals surface area contributed by atoms with E-state index in [2.05, 4.69) is 0 Å². The highest BCUT2D eigenvalue weighted by Crippen LogP contribution is 2.28. The summed E-state index contributed by atoms with van der Waals surface area (Å²) in [6, 6.07) is 24.1. The van der Waals surface area contributed by atoms with Crippen LogP contribution < -0.4 is 9.80 Å². The molecule has 0 fully saturated rings. The predicted molar refractivity (Wildman–Crippen MR) is 125 cm³/mol. The van der Waals surface area contributed by atoms with Crippen molar-refractivity contribution in [2.75, 3.05) is 23.9 Å². The Morgan fingerprint density at radius 2 is 1.37 bits per heavy atom. The lowest BCUT2D eigenvalue weighted by atomic mass is 10.1. The largest absolute Gasteiger partial charge is 0.378 e. The van der Waals surface area contributed by atoms with Crippen LogP contribution in [0.25, 0.3) is 6.08 Å². The van der Waals surface area contributed by atoms with E-state index in [-0.39, 0.29) is 5.91 Å². The van der Waals surface area contributed by atoms with E-state index in [4.69, 9.17) is 4.99 Å². The molecule has 3 aromatic carbocycles. The van der Waals surface area contributed by atoms with Crippen molar-refractivity contribution in [1.29, 1.82) is 0 Å². The van der Waals surface area contributed by atoms with Crippen molar-refractivity contribution in [3.63, 3.8) is 0 Å². The van der Waals surface area contributed by atoms with Gasteiger partial charge in [-0.3, -0.25) is 9.69 Å². The summed E-state index contributed by atoms with van der Waals surface area (Å²) in [5, 5.41) is 0. The number of carbonyl (C=O) groups is 1. The maximum absolute atomic E-state index is 13.4. The first-order valence-electron chi connectivity index (χ1n) is 9.98. The normalized spacial score (nSPS) is 14.9. The average Bonchev–Trinajstić information content (AvgIpc) is 3.06. The zero-order valence-corrected chi connectivity index (χ0v) is 17.8. The second-order valence-electron chi connectivity index (χ2n) is 7.79. The smallest absolute Gasteiger partial charge is 0.282 e. The van der Waals surface area contributed by atoms with E-state index in [0.717, 1.165) is 28.1 Å². The first-order valence-corrected chi connectivity index (χ1v) is 9.98. The average molecular weight is 396 g/mol. The highest BCUT2D eigenvalue weighted by molar-refractivity contribution is 6.33. The molecular formula is C26H25N3O. The molecular weight excluding hydrogens is 370 g/mol. The van der Waals surface area contributed by atoms with Gasteiger partial charge in [-0.1, -0.05) is 59.7 Å². The molecule has 4 heteroatoms. The van der Waals surface area contributed by atoms with Gasteiger partial charge in [0.15, 0.2) is 0 Å². The van der Waals surface area contributed by atoms with Crippen molar-refractivity contribution >= 4 is 29.2 Å². The summed E-state index contributed by atoms with van der Waals surface area (Å²) in [5.41, 5.74) is 6.54. The molecule has 0 saturated carbocycles. The van der Waals surface area contributed by atoms with Crippen LogP contribution in [0.15, 0.2) is 83.5 Å². The zero-order valence-electron chi connectivity index (χ0n) is 17.8. The summed E-state index contributed by atoms with van der Waals surface area (Å²) in [6.45, 7) is 4.08. The molecule has 1 heterocycles. The molecule has 0 N–H and O–H groups in total. The monoisotopic (exact) mass is 395 g/mol. The minimum absolute atomic E-state index is 0.119. The van der Waals surface area contributed by atoms with Gasteiger partial charge in [-0.05, 0) is 49.8 Å². The molecule has 4 nitrogen and oxygen atoms in total. The third-order valence-electron chi connectivity index (χ3n) is 5.18. The number of amides is 1. The molecule has 0 atom stereocenters. The molecule has 0 saturated heterocycles. The third-order valence-corrected chi connectivity index (χ3v) is 5.18. The molecule has 0 aliphatic carbocycles. The number of aryl methyl sites for hydroxylation is 2. The number of benzene rings is 3. The van der Waals surface area contributed by atoms with Crippen molar-refractivity contribution in [3.8, 4) is 0 Å². The van der Waals surface area contributed by atoms with Crippen LogP contribution in [0.3, 0.4) is 0 Å². The van der Waals surface area contributed by atoms with Crippen LogP contribution in [0, 0.1) is 13.8 Å². The van der Waals surface area contributed by atoms with E-state index in [9.17, 15) is 4.79 Å². The molecule has 0 radical (unpaired) electrons. The lowest BCUT2D eigenvalue weighted by Gasteiger charge is -2.19. The number of carbonyl (C=O) groups excluding carboxylic acids is 1. The maximum Gasteiger partial charge on any atom is 0.282 e. The topological polar surface area (TPSA) is 35.9 Å². The Hall–Kier alpha value is -3.66. The van der Waals surface area contributed by atoms with Gasteiger partial charge in [0.1, 0.15) is 11.5 Å². The number of hydrogen-bond donors (Lipinski definition) is 0. The van der Waals surface area contributed by atoms with Crippen LogP contribution >= 0.6 is 0 Å². The van der Waals surface area contributed by atoms with Gasteiger partial charge >= 0.3 is 0 Å². The highest BCUT2D eigenvalue weighted by atomic mass is 16.2. The van der Waals surface area contributed by atoms with Crippen LogP contribution in [-0.2, 0) is 4.79 Å². The number of hydrogen-bond acceptors (Lipinski definition) is 3. The van der Waals surface area contributed by atoms with E-state index in [1.807, 2.05) is 112 Å². The van der Waals surface area contributed by atoms with Gasteiger partial charge in [-0.15, -0.1) is 0 Å². The van der Waals surface area contributed by atoms with Crippen LogP contribution in [0.1, 0.15) is 22.3 Å². The molecule has 1 amide bonds. The standard InChI is InChI=1S/C26H25N3O/c1-18-5-11-21(12-6-18)25-27-24(17-20-9-15-22(16-10-20)28(3)4)26(30)29(25)23-13-7-19(2)8-14-23/h5-17H,1-4H3/b24-17+. The summed E-state index contributed by atoms with van der Waals surface area (Å²) >= 11 is 0. The summed E-state index contributed by atoms with van der Waals surface area (Å²) in [6.07, 6.45) is 1.85. The Labute approximate surface area is 177 Å². The molecule has 30 heavy (non-hydrogen) atoms. The minimum Gasteiger partial charge on any atom is -0.378 e. The van der Waals surface area contributed by atoms with E-state index in [0.29, 0.717) is 11.5 Å². The molecule has 0 unspecified atom stereocenters. The van der Waals surface area contributed by atoms with Crippen molar-refractivity contribution in [2.24, 2.45) is 4.99 Å². The molecule has 3 aromatic rings. The number of rotatable bonds is 4. The third kappa shape index (κ3) is 3.90. The van der Waals surface area contributed by atoms with E-state index in [1.54, 1.807) is 4.90 Å². The van der Waals surface area contributed by atoms with Gasteiger partial charge in [0, 0.05) is 25.3 Å². The number of anilines is 2. The van der Waals surface area contributed by atoms with Crippen molar-refractivity contribution in [3.05, 3.63) is 101 Å². The number of aliphatic imine (C=N–C) groups is 1. The fraction of sp³-hybridized carbons (Fsp3) is 0.154. The van der Waals surface area contributed by atoms with Crippen molar-refractivity contribution in [1.82, 2.24) is 0 Å². The van der Waals surface area contributed by atoms with Gasteiger partial charge in [0.25, 0.3) is 5.91 Å². The Balaban J connectivity index is 1.77. The molecule has 4 rings (SSSR count). The van der Waals surface area contributed by atoms with Gasteiger partial charge in [0.2, 0.25) is 0 Å². The van der Waals surface area contributed by atoms with Crippen molar-refractivity contribution in [2.45, 2.75) is 13.8 Å². The van der Waals surface area contributed by atoms with Crippen LogP contribution in [-0.4, -0.2) is 25.8 Å². The Morgan fingerprint density at radius 3 is 1.93 bits per heavy atom. The van der Waals surface area contributed by atoms with Crippen LogP contribution in [0.4, 0.5) is 11.4 Å². The summed E-state index contributed by atoms with van der Waals surface area (Å²) < 4.78 is 0. The molecule has 0 bridgehead atoms. The summed E-state index contributed by atoms with van der Waals surface area (Å²) in [5.74, 6) is 0.533. The molecule has 150 valence electrons. The Kier molecular flexibility index (Phi) is 5.23. The van der Waals surface area contributed by atoms with Gasteiger partial charge < -0.3 is 4.90 Å². The van der Waals surface area contributed by atoms with Gasteiger partial charge in [-0.2, -0.15) is 0 Å². The number of amidine groups is 1. The number of nitrogens with zero attached hydrogens (tertiary/aromatic N) is 3. The fourth-order valence-electron chi connectivity index (χ4n) is 3.37.